The smallest absolute Gasteiger partial charge is 0.264 e. The minimum atomic E-state index is -0.248. The van der Waals surface area contributed by atoms with Gasteiger partial charge in [0.25, 0.3) is 5.91 Å². The quantitative estimate of drug-likeness (QED) is 0.375. The molecule has 1 fully saturated rings. The number of amidine groups is 1. The summed E-state index contributed by atoms with van der Waals surface area (Å²) in [6.45, 7) is 0.671. The highest BCUT2D eigenvalue weighted by Gasteiger charge is 2.30. The van der Waals surface area contributed by atoms with E-state index in [1.807, 2.05) is 29.6 Å². The van der Waals surface area contributed by atoms with Crippen LogP contribution in [0.4, 0.5) is 5.69 Å². The lowest BCUT2D eigenvalue weighted by molar-refractivity contribution is 0.0684. The summed E-state index contributed by atoms with van der Waals surface area (Å²) in [5.74, 6) is 0.993. The maximum absolute atomic E-state index is 12.7. The molecule has 0 aliphatic carbocycles. The van der Waals surface area contributed by atoms with Gasteiger partial charge in [0.1, 0.15) is 11.6 Å². The van der Waals surface area contributed by atoms with E-state index in [-0.39, 0.29) is 11.9 Å². The Bertz CT molecular complexity index is 804. The summed E-state index contributed by atoms with van der Waals surface area (Å²) < 4.78 is 5.15. The van der Waals surface area contributed by atoms with Crippen LogP contribution in [0.3, 0.4) is 0 Å². The number of carbonyl (C=O) groups is 1. The van der Waals surface area contributed by atoms with Crippen LogP contribution in [0.2, 0.25) is 0 Å². The van der Waals surface area contributed by atoms with Crippen molar-refractivity contribution in [2.75, 3.05) is 13.7 Å². The van der Waals surface area contributed by atoms with Crippen LogP contribution in [-0.2, 0) is 0 Å². The molecule has 0 bridgehead atoms. The Balaban J connectivity index is 1.73. The van der Waals surface area contributed by atoms with E-state index in [4.69, 9.17) is 10.5 Å². The number of hydrogen-bond donors (Lipinski definition) is 1. The Kier molecular flexibility index (Phi) is 5.96. The monoisotopic (exact) mass is 371 g/mol. The Hall–Kier alpha value is -2.74. The summed E-state index contributed by atoms with van der Waals surface area (Å²) in [5.41, 5.74) is 6.75. The molecule has 1 atom stereocenters. The van der Waals surface area contributed by atoms with E-state index in [9.17, 15) is 4.79 Å². The van der Waals surface area contributed by atoms with Crippen molar-refractivity contribution in [1.29, 1.82) is 0 Å². The van der Waals surface area contributed by atoms with Crippen molar-refractivity contribution < 1.29 is 9.53 Å². The van der Waals surface area contributed by atoms with Gasteiger partial charge in [-0.1, -0.05) is 12.1 Å². The number of nitrogens with two attached hydrogens (primary N) is 1. The number of amides is 1. The highest BCUT2D eigenvalue weighted by atomic mass is 32.1. The maximum Gasteiger partial charge on any atom is 0.264 e. The number of hydrogen-bond acceptors (Lipinski definition) is 5. The van der Waals surface area contributed by atoms with Crippen molar-refractivity contribution in [2.24, 2.45) is 21.2 Å². The molecule has 1 unspecified atom stereocenters. The number of ether oxygens (including phenoxy) is 1. The summed E-state index contributed by atoms with van der Waals surface area (Å²) in [6, 6.07) is 10.6. The van der Waals surface area contributed by atoms with E-state index in [0.29, 0.717) is 28.7 Å². The summed E-state index contributed by atoms with van der Waals surface area (Å²) in [4.78, 5) is 15.2. The third kappa shape index (κ3) is 4.26. The summed E-state index contributed by atoms with van der Waals surface area (Å²) in [5, 5.41) is 13.8. The molecule has 26 heavy (non-hydrogen) atoms. The second-order valence-electron chi connectivity index (χ2n) is 5.90. The van der Waals surface area contributed by atoms with Gasteiger partial charge in [-0.2, -0.15) is 0 Å². The first-order valence-electron chi connectivity index (χ1n) is 8.41. The predicted octanol–water partition coefficient (Wildman–Crippen LogP) is 3.81. The van der Waals surface area contributed by atoms with Crippen LogP contribution in [0, 0.1) is 0 Å². The molecule has 7 nitrogen and oxygen atoms in total. The van der Waals surface area contributed by atoms with Crippen molar-refractivity contribution in [2.45, 2.75) is 25.3 Å². The molecule has 2 N–H and O–H groups in total. The van der Waals surface area contributed by atoms with Crippen LogP contribution >= 0.6 is 11.3 Å². The van der Waals surface area contributed by atoms with Crippen LogP contribution in [0.15, 0.2) is 57.2 Å². The number of thiophene rings is 1. The lowest BCUT2D eigenvalue weighted by atomic mass is 10.0. The Morgan fingerprint density at radius 1 is 1.31 bits per heavy atom. The molecular weight excluding hydrogens is 350 g/mol. The van der Waals surface area contributed by atoms with Gasteiger partial charge in [-0.15, -0.1) is 21.6 Å². The van der Waals surface area contributed by atoms with Gasteiger partial charge < -0.3 is 15.4 Å². The number of piperidine rings is 1. The largest absolute Gasteiger partial charge is 0.497 e. The molecule has 2 heterocycles. The fraction of sp³-hybridized carbons (Fsp3) is 0.333. The van der Waals surface area contributed by atoms with E-state index in [2.05, 4.69) is 15.4 Å². The van der Waals surface area contributed by atoms with Gasteiger partial charge in [0, 0.05) is 12.6 Å². The molecular formula is C18H21N5O2S. The second-order valence-corrected chi connectivity index (χ2v) is 6.85. The van der Waals surface area contributed by atoms with E-state index in [0.717, 1.165) is 19.3 Å². The second kappa shape index (κ2) is 8.57. The zero-order valence-corrected chi connectivity index (χ0v) is 15.4. The predicted molar refractivity (Wildman–Crippen MR) is 102 cm³/mol. The van der Waals surface area contributed by atoms with Gasteiger partial charge in [0.05, 0.1) is 23.7 Å². The average molecular weight is 371 g/mol. The normalized spacial score (nSPS) is 18.3. The minimum Gasteiger partial charge on any atom is -0.497 e. The molecule has 0 radical (unpaired) electrons. The molecule has 1 saturated heterocycles. The number of benzene rings is 1. The van der Waals surface area contributed by atoms with E-state index in [1.54, 1.807) is 24.1 Å². The van der Waals surface area contributed by atoms with Crippen molar-refractivity contribution >= 4 is 28.8 Å². The third-order valence-electron chi connectivity index (χ3n) is 4.21. The first-order chi connectivity index (χ1) is 12.7. The molecule has 1 aromatic carbocycles. The number of nitrogens with zero attached hydrogens (tertiary/aromatic N) is 4. The average Bonchev–Trinajstić information content (AvgIpc) is 3.22. The molecule has 1 amide bonds. The molecule has 1 aliphatic heterocycles. The zero-order valence-electron chi connectivity index (χ0n) is 14.5. The first kappa shape index (κ1) is 18.1. The zero-order chi connectivity index (χ0) is 18.4. The molecule has 1 aromatic heterocycles. The van der Waals surface area contributed by atoms with E-state index >= 15 is 0 Å². The van der Waals surface area contributed by atoms with Crippen LogP contribution < -0.4 is 10.5 Å². The fourth-order valence-corrected chi connectivity index (χ4v) is 3.57. The Labute approximate surface area is 156 Å². The van der Waals surface area contributed by atoms with Crippen LogP contribution in [0.25, 0.3) is 0 Å². The molecule has 8 heteroatoms. The fourth-order valence-electron chi connectivity index (χ4n) is 2.89. The third-order valence-corrected chi connectivity index (χ3v) is 5.07. The number of carbonyl (C=O) groups excluding carboxylic acids is 1. The van der Waals surface area contributed by atoms with Crippen molar-refractivity contribution in [3.63, 3.8) is 0 Å². The van der Waals surface area contributed by atoms with Crippen molar-refractivity contribution in [1.82, 2.24) is 4.90 Å². The molecule has 2 aromatic rings. The topological polar surface area (TPSA) is 92.6 Å². The Morgan fingerprint density at radius 2 is 2.19 bits per heavy atom. The maximum atomic E-state index is 12.7. The van der Waals surface area contributed by atoms with Gasteiger partial charge in [0.15, 0.2) is 0 Å². The summed E-state index contributed by atoms with van der Waals surface area (Å²) in [7, 11) is 1.59. The van der Waals surface area contributed by atoms with Crippen LogP contribution in [0.5, 0.6) is 5.75 Å². The summed E-state index contributed by atoms with van der Waals surface area (Å²) >= 11 is 1.43. The van der Waals surface area contributed by atoms with Crippen molar-refractivity contribution in [3.05, 3.63) is 46.7 Å². The van der Waals surface area contributed by atoms with Gasteiger partial charge in [-0.25, -0.2) is 0 Å². The van der Waals surface area contributed by atoms with Gasteiger partial charge in [0.2, 0.25) is 0 Å². The van der Waals surface area contributed by atoms with Gasteiger partial charge in [-0.3, -0.25) is 4.79 Å². The highest BCUT2D eigenvalue weighted by molar-refractivity contribution is 7.12. The number of likely N-dealkylation sites (tertiary alicyclic amines) is 1. The number of methoxy groups -OCH3 is 1. The first-order valence-corrected chi connectivity index (χ1v) is 9.29. The van der Waals surface area contributed by atoms with E-state index in [1.165, 1.54) is 11.3 Å². The van der Waals surface area contributed by atoms with Crippen LogP contribution in [-0.4, -0.2) is 36.3 Å². The van der Waals surface area contributed by atoms with Crippen molar-refractivity contribution in [3.8, 4) is 5.75 Å². The molecule has 1 aliphatic rings. The lowest BCUT2D eigenvalue weighted by Crippen LogP contribution is -2.50. The molecule has 0 spiro atoms. The summed E-state index contributed by atoms with van der Waals surface area (Å²) in [6.07, 6.45) is 2.75. The van der Waals surface area contributed by atoms with E-state index < -0.39 is 0 Å². The number of rotatable bonds is 5. The van der Waals surface area contributed by atoms with Gasteiger partial charge in [-0.05, 0) is 48.1 Å². The van der Waals surface area contributed by atoms with Crippen LogP contribution in [0.1, 0.15) is 28.9 Å². The Morgan fingerprint density at radius 3 is 2.96 bits per heavy atom. The SMILES string of the molecule is COc1cccc(N=NN=C(N)C2CCCCN2C(=O)c2cccs2)c1. The molecule has 3 rings (SSSR count). The minimum absolute atomic E-state index is 0.00687. The molecule has 0 saturated carbocycles. The standard InChI is InChI=1S/C18H21N5O2S/c1-25-14-7-4-6-13(12-14)20-22-21-17(19)15-8-2-3-10-23(15)18(24)16-9-5-11-26-16/h4-7,9,11-12,15H,2-3,8,10H2,1H3,(H2,19,20,21). The van der Waals surface area contributed by atoms with Gasteiger partial charge >= 0.3 is 0 Å². The molecule has 136 valence electrons. The highest BCUT2D eigenvalue weighted by Crippen LogP contribution is 2.23. The lowest BCUT2D eigenvalue weighted by Gasteiger charge is -2.34.